The Morgan fingerprint density at radius 1 is 1.29 bits per heavy atom. The average Bonchev–Trinajstić information content (AvgIpc) is 2.32. The maximum absolute atomic E-state index is 11.7. The molecule has 0 heterocycles. The minimum absolute atomic E-state index is 0.271. The van der Waals surface area contributed by atoms with Crippen LogP contribution in [0.1, 0.15) is 10.4 Å². The van der Waals surface area contributed by atoms with Crippen molar-refractivity contribution in [2.75, 3.05) is 25.6 Å². The van der Waals surface area contributed by atoms with Gasteiger partial charge in [0.2, 0.25) is 0 Å². The molecule has 0 saturated carbocycles. The van der Waals surface area contributed by atoms with E-state index in [0.717, 1.165) is 0 Å². The van der Waals surface area contributed by atoms with Crippen molar-refractivity contribution in [1.82, 2.24) is 5.32 Å². The lowest BCUT2D eigenvalue weighted by atomic mass is 10.2. The van der Waals surface area contributed by atoms with Gasteiger partial charge in [-0.05, 0) is 18.2 Å². The van der Waals surface area contributed by atoms with E-state index in [4.69, 9.17) is 39.5 Å². The summed E-state index contributed by atoms with van der Waals surface area (Å²) in [6.45, 7) is 1.28. The highest BCUT2D eigenvalue weighted by Gasteiger charge is 2.09. The van der Waals surface area contributed by atoms with E-state index in [1.54, 1.807) is 12.1 Å². The minimum atomic E-state index is -0.271. The Kier molecular flexibility index (Phi) is 6.66. The Hall–Kier alpha value is -0.480. The molecule has 3 nitrogen and oxygen atoms in total. The van der Waals surface area contributed by atoms with Crippen LogP contribution < -0.4 is 5.32 Å². The van der Waals surface area contributed by atoms with Gasteiger partial charge < -0.3 is 10.1 Å². The molecule has 1 amide bonds. The molecule has 0 unspecified atom stereocenters. The molecule has 0 aliphatic rings. The summed E-state index contributed by atoms with van der Waals surface area (Å²) < 4.78 is 5.12. The molecule has 1 rings (SSSR count). The second-order valence-electron chi connectivity index (χ2n) is 3.18. The Morgan fingerprint density at radius 3 is 2.76 bits per heavy atom. The van der Waals surface area contributed by atoms with Crippen molar-refractivity contribution >= 4 is 40.7 Å². The van der Waals surface area contributed by atoms with Gasteiger partial charge in [-0.2, -0.15) is 0 Å². The number of hydrogen-bond acceptors (Lipinski definition) is 2. The van der Waals surface area contributed by atoms with Crippen LogP contribution >= 0.6 is 34.8 Å². The van der Waals surface area contributed by atoms with E-state index in [2.05, 4.69) is 5.32 Å². The fourth-order valence-corrected chi connectivity index (χ4v) is 1.64. The van der Waals surface area contributed by atoms with Gasteiger partial charge in [-0.3, -0.25) is 4.79 Å². The molecule has 1 aromatic carbocycles. The molecule has 1 aromatic rings. The number of rotatable bonds is 6. The third-order valence-corrected chi connectivity index (χ3v) is 2.65. The number of alkyl halides is 1. The summed E-state index contributed by atoms with van der Waals surface area (Å²) in [6.07, 6.45) is 0. The van der Waals surface area contributed by atoms with Gasteiger partial charge in [0.15, 0.2) is 0 Å². The summed E-state index contributed by atoms with van der Waals surface area (Å²) >= 11 is 17.1. The van der Waals surface area contributed by atoms with Crippen LogP contribution in [-0.2, 0) is 4.74 Å². The molecule has 0 radical (unpaired) electrons. The van der Waals surface area contributed by atoms with Gasteiger partial charge in [0, 0.05) is 17.4 Å². The number of carbonyl (C=O) groups is 1. The van der Waals surface area contributed by atoms with E-state index < -0.39 is 0 Å². The van der Waals surface area contributed by atoms with Gasteiger partial charge >= 0.3 is 0 Å². The van der Waals surface area contributed by atoms with Crippen LogP contribution in [0.5, 0.6) is 0 Å². The molecule has 0 fully saturated rings. The summed E-state index contributed by atoms with van der Waals surface area (Å²) in [7, 11) is 0. The first-order valence-corrected chi connectivity index (χ1v) is 6.31. The first kappa shape index (κ1) is 14.6. The predicted octanol–water partition coefficient (Wildman–Crippen LogP) is 2.98. The second kappa shape index (κ2) is 7.77. The zero-order valence-electron chi connectivity index (χ0n) is 9.01. The number of amides is 1. The Morgan fingerprint density at radius 2 is 2.06 bits per heavy atom. The first-order chi connectivity index (χ1) is 8.15. The van der Waals surface area contributed by atoms with Gasteiger partial charge in [0.25, 0.3) is 5.91 Å². The molecule has 94 valence electrons. The van der Waals surface area contributed by atoms with Gasteiger partial charge in [-0.1, -0.05) is 23.2 Å². The number of nitrogens with one attached hydrogen (secondary N) is 1. The summed E-state index contributed by atoms with van der Waals surface area (Å²) in [5.74, 6) is 0.167. The van der Waals surface area contributed by atoms with E-state index in [1.807, 2.05) is 0 Å². The molecule has 0 bridgehead atoms. The van der Waals surface area contributed by atoms with Gasteiger partial charge in [0.1, 0.15) is 0 Å². The lowest BCUT2D eigenvalue weighted by Crippen LogP contribution is -2.27. The SMILES string of the molecule is O=C(NCCOCCCl)c1cc(Cl)ccc1Cl. The lowest BCUT2D eigenvalue weighted by molar-refractivity contribution is 0.0923. The monoisotopic (exact) mass is 295 g/mol. The quantitative estimate of drug-likeness (QED) is 0.647. The van der Waals surface area contributed by atoms with E-state index >= 15 is 0 Å². The summed E-state index contributed by atoms with van der Waals surface area (Å²) in [6, 6.07) is 4.74. The highest BCUT2D eigenvalue weighted by atomic mass is 35.5. The second-order valence-corrected chi connectivity index (χ2v) is 4.40. The van der Waals surface area contributed by atoms with E-state index in [1.165, 1.54) is 6.07 Å². The maximum Gasteiger partial charge on any atom is 0.252 e. The Balaban J connectivity index is 2.44. The third kappa shape index (κ3) is 5.13. The third-order valence-electron chi connectivity index (χ3n) is 1.93. The Bertz CT molecular complexity index is 385. The lowest BCUT2D eigenvalue weighted by Gasteiger charge is -2.07. The average molecular weight is 297 g/mol. The fourth-order valence-electron chi connectivity index (χ4n) is 1.16. The van der Waals surface area contributed by atoms with Crippen LogP contribution in [0, 0.1) is 0 Å². The first-order valence-electron chi connectivity index (χ1n) is 5.02. The number of benzene rings is 1. The highest BCUT2D eigenvalue weighted by molar-refractivity contribution is 6.35. The molecule has 0 aromatic heterocycles. The number of ether oxygens (including phenoxy) is 1. The topological polar surface area (TPSA) is 38.3 Å². The molecule has 17 heavy (non-hydrogen) atoms. The van der Waals surface area contributed by atoms with Crippen LogP contribution in [0.4, 0.5) is 0 Å². The van der Waals surface area contributed by atoms with Crippen LogP contribution in [0.3, 0.4) is 0 Å². The van der Waals surface area contributed by atoms with Crippen molar-refractivity contribution in [2.24, 2.45) is 0 Å². The minimum Gasteiger partial charge on any atom is -0.378 e. The largest absolute Gasteiger partial charge is 0.378 e. The number of carbonyl (C=O) groups excluding carboxylic acids is 1. The van der Waals surface area contributed by atoms with Crippen LogP contribution in [-0.4, -0.2) is 31.5 Å². The van der Waals surface area contributed by atoms with Crippen LogP contribution in [0.15, 0.2) is 18.2 Å². The number of halogens is 3. The smallest absolute Gasteiger partial charge is 0.252 e. The molecule has 1 N–H and O–H groups in total. The van der Waals surface area contributed by atoms with Crippen molar-refractivity contribution < 1.29 is 9.53 Å². The van der Waals surface area contributed by atoms with Gasteiger partial charge in [-0.25, -0.2) is 0 Å². The van der Waals surface area contributed by atoms with Crippen molar-refractivity contribution in [3.63, 3.8) is 0 Å². The van der Waals surface area contributed by atoms with Crippen molar-refractivity contribution in [3.05, 3.63) is 33.8 Å². The maximum atomic E-state index is 11.7. The molecule has 0 spiro atoms. The molecule has 0 saturated heterocycles. The summed E-state index contributed by atoms with van der Waals surface area (Å²) in [5, 5.41) is 3.52. The molecule has 0 aliphatic carbocycles. The van der Waals surface area contributed by atoms with E-state index in [0.29, 0.717) is 41.2 Å². The summed E-state index contributed by atoms with van der Waals surface area (Å²) in [5.41, 5.74) is 0.358. The summed E-state index contributed by atoms with van der Waals surface area (Å²) in [4.78, 5) is 11.7. The predicted molar refractivity (Wildman–Crippen MR) is 70.3 cm³/mol. The molecule has 6 heteroatoms. The molecule has 0 aliphatic heterocycles. The van der Waals surface area contributed by atoms with E-state index in [-0.39, 0.29) is 5.91 Å². The number of hydrogen-bond donors (Lipinski definition) is 1. The van der Waals surface area contributed by atoms with Crippen LogP contribution in [0.2, 0.25) is 10.0 Å². The molecular formula is C11H12Cl3NO2. The van der Waals surface area contributed by atoms with Crippen molar-refractivity contribution in [3.8, 4) is 0 Å². The highest BCUT2D eigenvalue weighted by Crippen LogP contribution is 2.20. The molecule has 0 atom stereocenters. The standard InChI is InChI=1S/C11H12Cl3NO2/c12-3-5-17-6-4-15-11(16)9-7-8(13)1-2-10(9)14/h1-2,7H,3-6H2,(H,15,16). The van der Waals surface area contributed by atoms with Gasteiger partial charge in [-0.15, -0.1) is 11.6 Å². The van der Waals surface area contributed by atoms with Crippen molar-refractivity contribution in [2.45, 2.75) is 0 Å². The molecular weight excluding hydrogens is 284 g/mol. The van der Waals surface area contributed by atoms with E-state index in [9.17, 15) is 4.79 Å². The fraction of sp³-hybridized carbons (Fsp3) is 0.364. The van der Waals surface area contributed by atoms with Crippen molar-refractivity contribution in [1.29, 1.82) is 0 Å². The van der Waals surface area contributed by atoms with Gasteiger partial charge in [0.05, 0.1) is 23.8 Å². The zero-order chi connectivity index (χ0) is 12.7. The zero-order valence-corrected chi connectivity index (χ0v) is 11.3. The normalized spacial score (nSPS) is 10.3. The Labute approximate surface area is 115 Å². The van der Waals surface area contributed by atoms with Crippen LogP contribution in [0.25, 0.3) is 0 Å².